The number of rotatable bonds is 3. The maximum Gasteiger partial charge on any atom is 0.262 e. The van der Waals surface area contributed by atoms with Crippen LogP contribution in [0, 0.1) is 6.92 Å². The highest BCUT2D eigenvalue weighted by molar-refractivity contribution is 6.12. The second kappa shape index (κ2) is 5.92. The monoisotopic (exact) mass is 370 g/mol. The molecule has 2 aliphatic rings. The number of ether oxygens (including phenoxy) is 1. The third-order valence-electron chi connectivity index (χ3n) is 5.30. The highest BCUT2D eigenvalue weighted by Crippen LogP contribution is 2.38. The zero-order valence-electron chi connectivity index (χ0n) is 15.6. The fourth-order valence-electron chi connectivity index (χ4n) is 3.80. The Bertz CT molecular complexity index is 1230. The Hall–Kier alpha value is -3.67. The Morgan fingerprint density at radius 1 is 1.14 bits per heavy atom. The number of hydrogen-bond acceptors (Lipinski definition) is 5. The third kappa shape index (κ3) is 2.24. The van der Waals surface area contributed by atoms with Gasteiger partial charge in [-0.1, -0.05) is 24.3 Å². The molecule has 0 saturated heterocycles. The molecule has 138 valence electrons. The molecule has 0 unspecified atom stereocenters. The smallest absolute Gasteiger partial charge is 0.262 e. The molecule has 28 heavy (non-hydrogen) atoms. The van der Waals surface area contributed by atoms with Gasteiger partial charge in [-0.15, -0.1) is 0 Å². The number of benzene rings is 1. The third-order valence-corrected chi connectivity index (χ3v) is 5.30. The number of anilines is 1. The van der Waals surface area contributed by atoms with Gasteiger partial charge in [-0.05, 0) is 25.1 Å². The SMILES string of the molecule is COc1ccc(-c2cccc3c(N)c4c(nc23)CN(C2=CC=C2)C4=O)c(C)n1. The molecule has 0 radical (unpaired) electrons. The lowest BCUT2D eigenvalue weighted by molar-refractivity contribution is 0.0831. The molecule has 1 aliphatic heterocycles. The highest BCUT2D eigenvalue weighted by Gasteiger charge is 2.34. The van der Waals surface area contributed by atoms with Gasteiger partial charge in [0, 0.05) is 34.0 Å². The predicted molar refractivity (Wildman–Crippen MR) is 108 cm³/mol. The molecule has 2 N–H and O–H groups in total. The zero-order valence-corrected chi connectivity index (χ0v) is 15.6. The topological polar surface area (TPSA) is 81.3 Å². The Balaban J connectivity index is 1.71. The van der Waals surface area contributed by atoms with Crippen molar-refractivity contribution in [3.63, 3.8) is 0 Å². The Morgan fingerprint density at radius 2 is 1.96 bits per heavy atom. The lowest BCUT2D eigenvalue weighted by Crippen LogP contribution is -2.24. The second-order valence-electron chi connectivity index (χ2n) is 6.88. The number of nitrogen functional groups attached to an aromatic ring is 1. The molecule has 1 amide bonds. The van der Waals surface area contributed by atoms with Crippen molar-refractivity contribution >= 4 is 22.5 Å². The van der Waals surface area contributed by atoms with Gasteiger partial charge in [0.1, 0.15) is 0 Å². The highest BCUT2D eigenvalue weighted by atomic mass is 16.5. The van der Waals surface area contributed by atoms with Gasteiger partial charge < -0.3 is 15.4 Å². The molecule has 2 aromatic heterocycles. The molecular formula is C22H18N4O2. The summed E-state index contributed by atoms with van der Waals surface area (Å²) in [5, 5.41) is 0.778. The van der Waals surface area contributed by atoms with E-state index in [9.17, 15) is 4.79 Å². The van der Waals surface area contributed by atoms with Gasteiger partial charge >= 0.3 is 0 Å². The van der Waals surface area contributed by atoms with Crippen molar-refractivity contribution in [3.8, 4) is 17.0 Å². The summed E-state index contributed by atoms with van der Waals surface area (Å²) < 4.78 is 5.21. The van der Waals surface area contributed by atoms with Crippen LogP contribution in [-0.2, 0) is 6.54 Å². The number of aryl methyl sites for hydroxylation is 1. The number of methoxy groups -OCH3 is 1. The van der Waals surface area contributed by atoms with Gasteiger partial charge in [-0.2, -0.15) is 0 Å². The number of para-hydroxylation sites is 1. The summed E-state index contributed by atoms with van der Waals surface area (Å²) in [4.78, 5) is 23.9. The van der Waals surface area contributed by atoms with Gasteiger partial charge in [0.2, 0.25) is 5.88 Å². The quantitative estimate of drug-likeness (QED) is 0.762. The molecule has 5 rings (SSSR count). The second-order valence-corrected chi connectivity index (χ2v) is 6.88. The fourth-order valence-corrected chi connectivity index (χ4v) is 3.80. The van der Waals surface area contributed by atoms with Crippen LogP contribution < -0.4 is 10.5 Å². The van der Waals surface area contributed by atoms with Crippen LogP contribution in [0.15, 0.2) is 54.3 Å². The number of nitrogens with zero attached hydrogens (tertiary/aromatic N) is 3. The molecule has 0 atom stereocenters. The van der Waals surface area contributed by atoms with Crippen LogP contribution in [0.2, 0.25) is 0 Å². The number of carbonyl (C=O) groups excluding carboxylic acids is 1. The van der Waals surface area contributed by atoms with Gasteiger partial charge in [0.05, 0.1) is 36.1 Å². The van der Waals surface area contributed by atoms with Gasteiger partial charge in [-0.3, -0.25) is 4.79 Å². The Kier molecular flexibility index (Phi) is 3.49. The van der Waals surface area contributed by atoms with Crippen LogP contribution in [0.4, 0.5) is 5.69 Å². The Labute approximate surface area is 162 Å². The fraction of sp³-hybridized carbons (Fsp3) is 0.136. The summed E-state index contributed by atoms with van der Waals surface area (Å²) in [5.41, 5.74) is 12.6. The van der Waals surface area contributed by atoms with E-state index in [1.54, 1.807) is 12.0 Å². The van der Waals surface area contributed by atoms with Crippen molar-refractivity contribution in [3.05, 3.63) is 71.2 Å². The summed E-state index contributed by atoms with van der Waals surface area (Å²) in [6, 6.07) is 9.65. The van der Waals surface area contributed by atoms with E-state index in [0.29, 0.717) is 29.4 Å². The Morgan fingerprint density at radius 3 is 2.64 bits per heavy atom. The molecule has 6 heteroatoms. The average molecular weight is 370 g/mol. The molecule has 6 nitrogen and oxygen atoms in total. The molecule has 0 fully saturated rings. The molecule has 3 aromatic rings. The minimum Gasteiger partial charge on any atom is -0.481 e. The van der Waals surface area contributed by atoms with Crippen LogP contribution >= 0.6 is 0 Å². The van der Waals surface area contributed by atoms with E-state index < -0.39 is 0 Å². The lowest BCUT2D eigenvalue weighted by Gasteiger charge is -2.19. The first-order chi connectivity index (χ1) is 13.6. The summed E-state index contributed by atoms with van der Waals surface area (Å²) >= 11 is 0. The van der Waals surface area contributed by atoms with E-state index in [4.69, 9.17) is 15.5 Å². The number of hydrogen-bond donors (Lipinski definition) is 1. The van der Waals surface area contributed by atoms with Gasteiger partial charge in [0.15, 0.2) is 0 Å². The molecule has 0 spiro atoms. The normalized spacial score (nSPS) is 14.9. The molecule has 3 heterocycles. The van der Waals surface area contributed by atoms with E-state index in [0.717, 1.165) is 33.4 Å². The summed E-state index contributed by atoms with van der Waals surface area (Å²) in [5.74, 6) is 0.475. The van der Waals surface area contributed by atoms with Crippen molar-refractivity contribution in [2.24, 2.45) is 0 Å². The van der Waals surface area contributed by atoms with E-state index in [1.165, 1.54) is 0 Å². The van der Waals surface area contributed by atoms with E-state index in [1.807, 2.05) is 55.5 Å². The van der Waals surface area contributed by atoms with Gasteiger partial charge in [0.25, 0.3) is 5.91 Å². The zero-order chi connectivity index (χ0) is 19.4. The van der Waals surface area contributed by atoms with Crippen LogP contribution in [-0.4, -0.2) is 27.9 Å². The first kappa shape index (κ1) is 16.5. The number of amides is 1. The predicted octanol–water partition coefficient (Wildman–Crippen LogP) is 3.61. The first-order valence-electron chi connectivity index (χ1n) is 9.02. The molecular weight excluding hydrogens is 352 g/mol. The van der Waals surface area contributed by atoms with E-state index >= 15 is 0 Å². The van der Waals surface area contributed by atoms with E-state index in [-0.39, 0.29) is 5.91 Å². The first-order valence-corrected chi connectivity index (χ1v) is 9.02. The minimum absolute atomic E-state index is 0.0924. The van der Waals surface area contributed by atoms with Crippen molar-refractivity contribution in [1.29, 1.82) is 0 Å². The van der Waals surface area contributed by atoms with Gasteiger partial charge in [-0.25, -0.2) is 9.97 Å². The van der Waals surface area contributed by atoms with Crippen LogP contribution in [0.3, 0.4) is 0 Å². The molecule has 1 aliphatic carbocycles. The van der Waals surface area contributed by atoms with Crippen molar-refractivity contribution in [2.45, 2.75) is 13.5 Å². The number of nitrogens with two attached hydrogens (primary N) is 1. The molecule has 0 saturated carbocycles. The standard InChI is InChI=1S/C22H18N4O2/c1-12-14(9-10-18(24-12)28-2)15-7-4-8-16-20(23)19-17(25-21(15)16)11-26(22(19)27)13-5-3-6-13/h3-10H,11H2,1-2H3,(H2,23,25). The lowest BCUT2D eigenvalue weighted by atomic mass is 9.98. The van der Waals surface area contributed by atoms with Crippen LogP contribution in [0.5, 0.6) is 5.88 Å². The van der Waals surface area contributed by atoms with Crippen LogP contribution in [0.1, 0.15) is 21.7 Å². The number of carbonyl (C=O) groups is 1. The molecule has 0 bridgehead atoms. The largest absolute Gasteiger partial charge is 0.481 e. The maximum atomic E-state index is 12.9. The number of pyridine rings is 2. The van der Waals surface area contributed by atoms with Crippen molar-refractivity contribution in [1.82, 2.24) is 14.9 Å². The van der Waals surface area contributed by atoms with Crippen molar-refractivity contribution < 1.29 is 9.53 Å². The number of fused-ring (bicyclic) bond motifs is 2. The van der Waals surface area contributed by atoms with Crippen LogP contribution in [0.25, 0.3) is 22.0 Å². The summed E-state index contributed by atoms with van der Waals surface area (Å²) in [6.07, 6.45) is 5.74. The van der Waals surface area contributed by atoms with Crippen molar-refractivity contribution in [2.75, 3.05) is 12.8 Å². The summed E-state index contributed by atoms with van der Waals surface area (Å²) in [7, 11) is 1.60. The average Bonchev–Trinajstić information content (AvgIpc) is 2.96. The number of aromatic nitrogens is 2. The maximum absolute atomic E-state index is 12.9. The summed E-state index contributed by atoms with van der Waals surface area (Å²) in [6.45, 7) is 2.37. The van der Waals surface area contributed by atoms with E-state index in [2.05, 4.69) is 4.98 Å². The number of allylic oxidation sites excluding steroid dienone is 3. The molecule has 1 aromatic carbocycles. The minimum atomic E-state index is -0.0924.